The number of hydrogen-bond acceptors (Lipinski definition) is 4. The number of benzene rings is 1. The van der Waals surface area contributed by atoms with E-state index in [0.717, 1.165) is 11.1 Å². The maximum Gasteiger partial charge on any atom is 0.308 e. The van der Waals surface area contributed by atoms with Gasteiger partial charge < -0.3 is 20.2 Å². The Morgan fingerprint density at radius 3 is 2.58 bits per heavy atom. The highest BCUT2D eigenvalue weighted by Gasteiger charge is 2.22. The molecule has 0 saturated heterocycles. The lowest BCUT2D eigenvalue weighted by molar-refractivity contribution is -0.141. The van der Waals surface area contributed by atoms with Crippen LogP contribution < -0.4 is 10.6 Å². The highest BCUT2D eigenvalue weighted by atomic mass is 16.4. The number of aliphatic carboxylic acids is 1. The lowest BCUT2D eigenvalue weighted by atomic mass is 9.98. The van der Waals surface area contributed by atoms with Gasteiger partial charge in [0, 0.05) is 6.54 Å². The van der Waals surface area contributed by atoms with Crippen molar-refractivity contribution in [2.75, 3.05) is 6.54 Å². The lowest BCUT2D eigenvalue weighted by Gasteiger charge is -2.17. The van der Waals surface area contributed by atoms with Crippen molar-refractivity contribution in [1.82, 2.24) is 10.6 Å². The van der Waals surface area contributed by atoms with Gasteiger partial charge in [-0.25, -0.2) is 0 Å². The first kappa shape index (κ1) is 19.2. The number of carbonyl (C=O) groups is 3. The van der Waals surface area contributed by atoms with Crippen LogP contribution in [0.2, 0.25) is 0 Å². The number of carboxylic acids is 1. The van der Waals surface area contributed by atoms with E-state index in [2.05, 4.69) is 10.6 Å². The number of amides is 2. The third kappa shape index (κ3) is 5.47. The van der Waals surface area contributed by atoms with Crippen molar-refractivity contribution in [3.8, 4) is 0 Å². The molecule has 1 aromatic heterocycles. The number of furan rings is 1. The second-order valence-corrected chi connectivity index (χ2v) is 6.15. The second-order valence-electron chi connectivity index (χ2n) is 6.15. The van der Waals surface area contributed by atoms with Crippen LogP contribution in [0.25, 0.3) is 0 Å². The molecule has 0 aliphatic rings. The first-order valence-corrected chi connectivity index (χ1v) is 8.27. The van der Waals surface area contributed by atoms with E-state index in [-0.39, 0.29) is 12.3 Å². The Hall–Kier alpha value is -3.09. The molecule has 1 heterocycles. The number of carbonyl (C=O) groups excluding carboxylic acids is 2. The summed E-state index contributed by atoms with van der Waals surface area (Å²) in [6.07, 6.45) is 1.67. The fourth-order valence-electron chi connectivity index (χ4n) is 2.49. The smallest absolute Gasteiger partial charge is 0.308 e. The lowest BCUT2D eigenvalue weighted by Crippen LogP contribution is -2.46. The maximum absolute atomic E-state index is 12.1. The SMILES string of the molecule is Cc1cccc(CC(CNC(=O)C(C)NC(=O)c2ccco2)C(=O)O)c1. The molecule has 138 valence electrons. The van der Waals surface area contributed by atoms with Gasteiger partial charge in [0.15, 0.2) is 5.76 Å². The quantitative estimate of drug-likeness (QED) is 0.666. The van der Waals surface area contributed by atoms with E-state index in [0.29, 0.717) is 6.42 Å². The van der Waals surface area contributed by atoms with Crippen molar-refractivity contribution in [1.29, 1.82) is 0 Å². The Bertz CT molecular complexity index is 770. The molecule has 0 spiro atoms. The van der Waals surface area contributed by atoms with Gasteiger partial charge in [0.1, 0.15) is 6.04 Å². The Morgan fingerprint density at radius 2 is 1.96 bits per heavy atom. The average Bonchev–Trinajstić information content (AvgIpc) is 3.12. The summed E-state index contributed by atoms with van der Waals surface area (Å²) in [6, 6.07) is 9.82. The zero-order valence-electron chi connectivity index (χ0n) is 14.7. The zero-order chi connectivity index (χ0) is 19.1. The summed E-state index contributed by atoms with van der Waals surface area (Å²) in [6.45, 7) is 3.43. The largest absolute Gasteiger partial charge is 0.481 e. The van der Waals surface area contributed by atoms with Crippen molar-refractivity contribution < 1.29 is 23.9 Å². The molecule has 2 amide bonds. The van der Waals surface area contributed by atoms with Crippen LogP contribution in [0, 0.1) is 12.8 Å². The van der Waals surface area contributed by atoms with Crippen LogP contribution in [0.4, 0.5) is 0 Å². The van der Waals surface area contributed by atoms with Crippen molar-refractivity contribution in [2.45, 2.75) is 26.3 Å². The third-order valence-electron chi connectivity index (χ3n) is 3.92. The molecule has 7 heteroatoms. The van der Waals surface area contributed by atoms with E-state index in [1.807, 2.05) is 31.2 Å². The molecule has 2 unspecified atom stereocenters. The minimum atomic E-state index is -0.987. The van der Waals surface area contributed by atoms with Crippen LogP contribution in [0.15, 0.2) is 47.1 Å². The topological polar surface area (TPSA) is 109 Å². The molecule has 2 atom stereocenters. The summed E-state index contributed by atoms with van der Waals surface area (Å²) in [4.78, 5) is 35.5. The maximum atomic E-state index is 12.1. The summed E-state index contributed by atoms with van der Waals surface area (Å²) >= 11 is 0. The van der Waals surface area contributed by atoms with E-state index in [9.17, 15) is 19.5 Å². The van der Waals surface area contributed by atoms with Crippen LogP contribution in [-0.2, 0) is 16.0 Å². The first-order valence-electron chi connectivity index (χ1n) is 8.27. The molecule has 2 rings (SSSR count). The molecule has 7 nitrogen and oxygen atoms in total. The van der Waals surface area contributed by atoms with Gasteiger partial charge in [0.2, 0.25) is 5.91 Å². The van der Waals surface area contributed by atoms with E-state index < -0.39 is 29.7 Å². The predicted molar refractivity (Wildman–Crippen MR) is 94.7 cm³/mol. The molecule has 1 aromatic carbocycles. The number of hydrogen-bond donors (Lipinski definition) is 3. The molecule has 0 bridgehead atoms. The Kier molecular flexibility index (Phi) is 6.54. The van der Waals surface area contributed by atoms with Gasteiger partial charge in [-0.2, -0.15) is 0 Å². The molecule has 26 heavy (non-hydrogen) atoms. The van der Waals surface area contributed by atoms with Crippen LogP contribution in [0.5, 0.6) is 0 Å². The highest BCUT2D eigenvalue weighted by Crippen LogP contribution is 2.11. The number of rotatable bonds is 8. The summed E-state index contributed by atoms with van der Waals surface area (Å²) in [5.74, 6) is -2.60. The highest BCUT2D eigenvalue weighted by molar-refractivity contribution is 5.95. The molecule has 0 aliphatic carbocycles. The Labute approximate surface area is 151 Å². The third-order valence-corrected chi connectivity index (χ3v) is 3.92. The van der Waals surface area contributed by atoms with Crippen LogP contribution in [0.1, 0.15) is 28.6 Å². The van der Waals surface area contributed by atoms with Gasteiger partial charge >= 0.3 is 5.97 Å². The number of aryl methyl sites for hydroxylation is 1. The molecule has 0 aliphatic heterocycles. The van der Waals surface area contributed by atoms with Gasteiger partial charge in [-0.15, -0.1) is 0 Å². The van der Waals surface area contributed by atoms with Crippen molar-refractivity contribution in [3.05, 3.63) is 59.5 Å². The van der Waals surface area contributed by atoms with E-state index in [1.165, 1.54) is 19.3 Å². The molecular formula is C19H22N2O5. The zero-order valence-corrected chi connectivity index (χ0v) is 14.7. The fraction of sp³-hybridized carbons (Fsp3) is 0.316. The van der Waals surface area contributed by atoms with Gasteiger partial charge in [-0.3, -0.25) is 14.4 Å². The van der Waals surface area contributed by atoms with Crippen molar-refractivity contribution in [2.24, 2.45) is 5.92 Å². The molecular weight excluding hydrogens is 336 g/mol. The monoisotopic (exact) mass is 358 g/mol. The first-order chi connectivity index (χ1) is 12.4. The summed E-state index contributed by atoms with van der Waals surface area (Å²) < 4.78 is 4.96. The van der Waals surface area contributed by atoms with Gasteiger partial charge in [-0.05, 0) is 38.0 Å². The van der Waals surface area contributed by atoms with Crippen molar-refractivity contribution >= 4 is 17.8 Å². The second kappa shape index (κ2) is 8.84. The minimum Gasteiger partial charge on any atom is -0.481 e. The van der Waals surface area contributed by atoms with Crippen LogP contribution in [-0.4, -0.2) is 35.5 Å². The summed E-state index contributed by atoms with van der Waals surface area (Å²) in [5.41, 5.74) is 1.94. The van der Waals surface area contributed by atoms with E-state index in [1.54, 1.807) is 6.07 Å². The number of nitrogens with one attached hydrogen (secondary N) is 2. The van der Waals surface area contributed by atoms with Gasteiger partial charge in [0.25, 0.3) is 5.91 Å². The van der Waals surface area contributed by atoms with Gasteiger partial charge in [-0.1, -0.05) is 29.8 Å². The molecule has 2 aromatic rings. The predicted octanol–water partition coefficient (Wildman–Crippen LogP) is 1.77. The number of carboxylic acid groups (broad SMARTS) is 1. The summed E-state index contributed by atoms with van der Waals surface area (Å²) in [7, 11) is 0. The van der Waals surface area contributed by atoms with E-state index in [4.69, 9.17) is 4.42 Å². The Balaban J connectivity index is 1.88. The Morgan fingerprint density at radius 1 is 1.19 bits per heavy atom. The molecule has 0 radical (unpaired) electrons. The minimum absolute atomic E-state index is 0.0247. The standard InChI is InChI=1S/C19H22N2O5/c1-12-5-3-6-14(9-12)10-15(19(24)25)11-20-17(22)13(2)21-18(23)16-7-4-8-26-16/h3-9,13,15H,10-11H2,1-2H3,(H,20,22)(H,21,23)(H,24,25). The van der Waals surface area contributed by atoms with Crippen LogP contribution >= 0.6 is 0 Å². The fourth-order valence-corrected chi connectivity index (χ4v) is 2.49. The van der Waals surface area contributed by atoms with Crippen molar-refractivity contribution in [3.63, 3.8) is 0 Å². The molecule has 0 saturated carbocycles. The molecule has 0 fully saturated rings. The molecule has 3 N–H and O–H groups in total. The normalized spacial score (nSPS) is 12.8. The van der Waals surface area contributed by atoms with Crippen LogP contribution in [0.3, 0.4) is 0 Å². The summed E-state index contributed by atoms with van der Waals surface area (Å²) in [5, 5.41) is 14.5. The van der Waals surface area contributed by atoms with E-state index >= 15 is 0 Å². The van der Waals surface area contributed by atoms with Gasteiger partial charge in [0.05, 0.1) is 12.2 Å². The average molecular weight is 358 g/mol.